The Labute approximate surface area is 113 Å². The highest BCUT2D eigenvalue weighted by molar-refractivity contribution is 5.49. The normalized spacial score (nSPS) is 10.3. The van der Waals surface area contributed by atoms with Crippen LogP contribution in [0.4, 0.5) is 0 Å². The Morgan fingerprint density at radius 2 is 1.79 bits per heavy atom. The van der Waals surface area contributed by atoms with Crippen LogP contribution in [0.3, 0.4) is 0 Å². The van der Waals surface area contributed by atoms with Gasteiger partial charge in [0.25, 0.3) is 0 Å². The number of benzene rings is 2. The van der Waals surface area contributed by atoms with Crippen molar-refractivity contribution in [3.8, 4) is 17.2 Å². The van der Waals surface area contributed by atoms with E-state index in [-0.39, 0.29) is 0 Å². The van der Waals surface area contributed by atoms with Gasteiger partial charge >= 0.3 is 0 Å². The molecular formula is C16H18O3. The maximum atomic E-state index is 9.86. The Morgan fingerprint density at radius 3 is 2.42 bits per heavy atom. The number of aryl methyl sites for hydroxylation is 1. The second-order valence-corrected chi connectivity index (χ2v) is 4.43. The molecule has 0 saturated heterocycles. The van der Waals surface area contributed by atoms with Gasteiger partial charge in [-0.3, -0.25) is 0 Å². The van der Waals surface area contributed by atoms with Crippen molar-refractivity contribution in [2.45, 2.75) is 13.3 Å². The second kappa shape index (κ2) is 5.65. The number of phenolic OH excluding ortho intramolecular Hbond substituents is 1. The maximum absolute atomic E-state index is 9.86. The zero-order valence-electron chi connectivity index (χ0n) is 11.4. The van der Waals surface area contributed by atoms with Gasteiger partial charge in [0.05, 0.1) is 14.2 Å². The molecule has 0 amide bonds. The predicted octanol–water partition coefficient (Wildman–Crippen LogP) is 3.31. The molecule has 3 nitrogen and oxygen atoms in total. The molecule has 0 bridgehead atoms. The fourth-order valence-corrected chi connectivity index (χ4v) is 2.13. The van der Waals surface area contributed by atoms with Crippen molar-refractivity contribution < 1.29 is 14.6 Å². The minimum atomic E-state index is 0.305. The minimum absolute atomic E-state index is 0.305. The van der Waals surface area contributed by atoms with Crippen molar-refractivity contribution in [1.82, 2.24) is 0 Å². The summed E-state index contributed by atoms with van der Waals surface area (Å²) in [6.45, 7) is 2.01. The number of methoxy groups -OCH3 is 2. The van der Waals surface area contributed by atoms with Gasteiger partial charge < -0.3 is 14.6 Å². The summed E-state index contributed by atoms with van der Waals surface area (Å²) in [7, 11) is 3.28. The number of aromatic hydroxyl groups is 1. The Balaban J connectivity index is 2.42. The van der Waals surface area contributed by atoms with Crippen LogP contribution in [0.15, 0.2) is 36.4 Å². The highest BCUT2D eigenvalue weighted by atomic mass is 16.5. The van der Waals surface area contributed by atoms with Crippen molar-refractivity contribution in [1.29, 1.82) is 0 Å². The minimum Gasteiger partial charge on any atom is -0.508 e. The molecule has 100 valence electrons. The highest BCUT2D eigenvalue weighted by Crippen LogP contribution is 2.31. The molecule has 1 N–H and O–H groups in total. The van der Waals surface area contributed by atoms with Gasteiger partial charge in [0.1, 0.15) is 17.2 Å². The highest BCUT2D eigenvalue weighted by Gasteiger charge is 2.12. The van der Waals surface area contributed by atoms with Crippen molar-refractivity contribution >= 4 is 0 Å². The summed E-state index contributed by atoms with van der Waals surface area (Å²) < 4.78 is 10.7. The molecule has 2 rings (SSSR count). The third-order valence-electron chi connectivity index (χ3n) is 3.22. The molecule has 0 aliphatic rings. The zero-order chi connectivity index (χ0) is 13.8. The molecule has 0 radical (unpaired) electrons. The third-order valence-corrected chi connectivity index (χ3v) is 3.22. The maximum Gasteiger partial charge on any atom is 0.126 e. The van der Waals surface area contributed by atoms with Gasteiger partial charge in [-0.15, -0.1) is 0 Å². The van der Waals surface area contributed by atoms with Crippen LogP contribution in [0, 0.1) is 6.92 Å². The summed E-state index contributed by atoms with van der Waals surface area (Å²) in [6.07, 6.45) is 0.631. The Bertz CT molecular complexity index is 576. The summed E-state index contributed by atoms with van der Waals surface area (Å²) in [5.41, 5.74) is 3.03. The lowest BCUT2D eigenvalue weighted by Crippen LogP contribution is -1.98. The molecule has 3 heteroatoms. The van der Waals surface area contributed by atoms with E-state index in [1.807, 2.05) is 37.3 Å². The molecule has 0 saturated carbocycles. The van der Waals surface area contributed by atoms with E-state index in [0.717, 1.165) is 28.2 Å². The summed E-state index contributed by atoms with van der Waals surface area (Å²) in [4.78, 5) is 0. The van der Waals surface area contributed by atoms with Crippen LogP contribution in [-0.2, 0) is 6.42 Å². The van der Waals surface area contributed by atoms with Gasteiger partial charge in [0, 0.05) is 18.1 Å². The average Bonchev–Trinajstić information content (AvgIpc) is 2.42. The molecule has 0 fully saturated rings. The van der Waals surface area contributed by atoms with Crippen LogP contribution in [0.25, 0.3) is 0 Å². The second-order valence-electron chi connectivity index (χ2n) is 4.43. The SMILES string of the molecule is COc1cc(C)c(Cc2ccccc2O)c(OC)c1. The molecule has 0 atom stereocenters. The van der Waals surface area contributed by atoms with Crippen molar-refractivity contribution in [3.05, 3.63) is 53.1 Å². The molecule has 0 spiro atoms. The fraction of sp³-hybridized carbons (Fsp3) is 0.250. The molecule has 0 heterocycles. The fourth-order valence-electron chi connectivity index (χ4n) is 2.13. The molecule has 2 aromatic carbocycles. The topological polar surface area (TPSA) is 38.7 Å². The van der Waals surface area contributed by atoms with Gasteiger partial charge in [0.2, 0.25) is 0 Å². The lowest BCUT2D eigenvalue weighted by molar-refractivity contribution is 0.390. The largest absolute Gasteiger partial charge is 0.508 e. The van der Waals surface area contributed by atoms with Crippen LogP contribution in [-0.4, -0.2) is 19.3 Å². The van der Waals surface area contributed by atoms with Gasteiger partial charge in [-0.1, -0.05) is 18.2 Å². The monoisotopic (exact) mass is 258 g/mol. The van der Waals surface area contributed by atoms with Gasteiger partial charge in [-0.2, -0.15) is 0 Å². The van der Waals surface area contributed by atoms with Gasteiger partial charge in [0.15, 0.2) is 0 Å². The van der Waals surface area contributed by atoms with E-state index in [1.54, 1.807) is 20.3 Å². The van der Waals surface area contributed by atoms with E-state index in [2.05, 4.69) is 0 Å². The first-order valence-corrected chi connectivity index (χ1v) is 6.14. The van der Waals surface area contributed by atoms with Gasteiger partial charge in [-0.25, -0.2) is 0 Å². The number of para-hydroxylation sites is 1. The number of rotatable bonds is 4. The number of ether oxygens (including phenoxy) is 2. The summed E-state index contributed by atoms with van der Waals surface area (Å²) in [5, 5.41) is 9.86. The molecular weight excluding hydrogens is 240 g/mol. The van der Waals surface area contributed by atoms with Crippen LogP contribution in [0.1, 0.15) is 16.7 Å². The van der Waals surface area contributed by atoms with Crippen LogP contribution in [0.5, 0.6) is 17.2 Å². The first-order valence-electron chi connectivity index (χ1n) is 6.14. The Morgan fingerprint density at radius 1 is 1.05 bits per heavy atom. The zero-order valence-corrected chi connectivity index (χ0v) is 11.4. The molecule has 2 aromatic rings. The molecule has 0 aliphatic carbocycles. The van der Waals surface area contributed by atoms with Crippen LogP contribution in [0.2, 0.25) is 0 Å². The summed E-state index contributed by atoms with van der Waals surface area (Å²) in [5.74, 6) is 1.86. The predicted molar refractivity (Wildman–Crippen MR) is 75.2 cm³/mol. The number of hydrogen-bond acceptors (Lipinski definition) is 3. The van der Waals surface area contributed by atoms with E-state index in [0.29, 0.717) is 12.2 Å². The molecule has 0 unspecified atom stereocenters. The van der Waals surface area contributed by atoms with Crippen LogP contribution >= 0.6 is 0 Å². The van der Waals surface area contributed by atoms with E-state index in [1.165, 1.54) is 0 Å². The molecule has 19 heavy (non-hydrogen) atoms. The Hall–Kier alpha value is -2.16. The van der Waals surface area contributed by atoms with Crippen molar-refractivity contribution in [2.75, 3.05) is 14.2 Å². The van der Waals surface area contributed by atoms with Crippen molar-refractivity contribution in [3.63, 3.8) is 0 Å². The van der Waals surface area contributed by atoms with Crippen molar-refractivity contribution in [2.24, 2.45) is 0 Å². The first-order chi connectivity index (χ1) is 9.15. The average molecular weight is 258 g/mol. The quantitative estimate of drug-likeness (QED) is 0.914. The van der Waals surface area contributed by atoms with Crippen LogP contribution < -0.4 is 9.47 Å². The summed E-state index contributed by atoms with van der Waals surface area (Å²) >= 11 is 0. The van der Waals surface area contributed by atoms with E-state index in [9.17, 15) is 5.11 Å². The smallest absolute Gasteiger partial charge is 0.126 e. The lowest BCUT2D eigenvalue weighted by atomic mass is 9.98. The van der Waals surface area contributed by atoms with Gasteiger partial charge in [-0.05, 0) is 30.2 Å². The Kier molecular flexibility index (Phi) is 3.95. The number of phenols is 1. The van der Waals surface area contributed by atoms with E-state index < -0.39 is 0 Å². The van der Waals surface area contributed by atoms with E-state index >= 15 is 0 Å². The standard InChI is InChI=1S/C16H18O3/c1-11-8-13(18-2)10-16(19-3)14(11)9-12-6-4-5-7-15(12)17/h4-8,10,17H,9H2,1-3H3. The number of hydrogen-bond donors (Lipinski definition) is 1. The first kappa shape index (κ1) is 13.3. The molecule has 0 aromatic heterocycles. The van der Waals surface area contributed by atoms with E-state index in [4.69, 9.17) is 9.47 Å². The lowest BCUT2D eigenvalue weighted by Gasteiger charge is -2.14. The summed E-state index contributed by atoms with van der Waals surface area (Å²) in [6, 6.07) is 11.2. The molecule has 0 aliphatic heterocycles. The third kappa shape index (κ3) is 2.81.